The summed E-state index contributed by atoms with van der Waals surface area (Å²) in [6, 6.07) is 11.8. The third-order valence-electron chi connectivity index (χ3n) is 3.79. The van der Waals surface area contributed by atoms with Gasteiger partial charge in [0, 0.05) is 51.1 Å². The summed E-state index contributed by atoms with van der Waals surface area (Å²) in [4.78, 5) is 8.59. The van der Waals surface area contributed by atoms with E-state index in [0.29, 0.717) is 5.82 Å². The van der Waals surface area contributed by atoms with Gasteiger partial charge in [0.15, 0.2) is 0 Å². The molecule has 0 aliphatic heterocycles. The first kappa shape index (κ1) is 13.7. The molecular weight excluding hydrogens is 304 g/mol. The van der Waals surface area contributed by atoms with E-state index >= 15 is 0 Å². The molecule has 0 saturated heterocycles. The number of benzene rings is 1. The second kappa shape index (κ2) is 5.37. The number of nitrogens with two attached hydrogens (primary N) is 2. The molecule has 0 bridgehead atoms. The van der Waals surface area contributed by atoms with Crippen molar-refractivity contribution in [3.63, 3.8) is 0 Å². The molecule has 4 rings (SSSR count). The van der Waals surface area contributed by atoms with E-state index in [4.69, 9.17) is 11.5 Å². The summed E-state index contributed by atoms with van der Waals surface area (Å²) in [6.07, 6.45) is 5.42. The number of rotatable bonds is 2. The fourth-order valence-electron chi connectivity index (χ4n) is 2.71. The van der Waals surface area contributed by atoms with Crippen LogP contribution in [0.3, 0.4) is 0 Å². The van der Waals surface area contributed by atoms with Crippen molar-refractivity contribution in [2.45, 2.75) is 0 Å². The Bertz CT molecular complexity index is 993. The summed E-state index contributed by atoms with van der Waals surface area (Å²) in [5.41, 5.74) is 17.0. The molecule has 0 spiro atoms. The number of hydrogen-bond donors (Lipinski definition) is 2. The van der Waals surface area contributed by atoms with Gasteiger partial charge in [-0.3, -0.25) is 4.98 Å². The second-order valence-corrected chi connectivity index (χ2v) is 6.16. The maximum atomic E-state index is 6.17. The number of hydrogen-bond acceptors (Lipinski definition) is 5. The highest BCUT2D eigenvalue weighted by Gasteiger charge is 2.15. The Morgan fingerprint density at radius 1 is 0.913 bits per heavy atom. The molecule has 3 aromatic heterocycles. The van der Waals surface area contributed by atoms with Crippen molar-refractivity contribution in [2.75, 3.05) is 11.5 Å². The summed E-state index contributed by atoms with van der Waals surface area (Å²) in [7, 11) is 0. The van der Waals surface area contributed by atoms with Gasteiger partial charge in [-0.25, -0.2) is 4.98 Å². The predicted octanol–water partition coefficient (Wildman–Crippen LogP) is 4.19. The molecule has 0 saturated carbocycles. The number of thiophene rings is 1. The highest BCUT2D eigenvalue weighted by Crippen LogP contribution is 2.41. The van der Waals surface area contributed by atoms with Crippen LogP contribution in [0.2, 0.25) is 0 Å². The summed E-state index contributed by atoms with van der Waals surface area (Å²) >= 11 is 1.66. The summed E-state index contributed by atoms with van der Waals surface area (Å²) in [5.74, 6) is 0.534. The van der Waals surface area contributed by atoms with Crippen molar-refractivity contribution in [3.8, 4) is 22.3 Å². The maximum absolute atomic E-state index is 6.17. The zero-order valence-electron chi connectivity index (χ0n) is 12.2. The minimum absolute atomic E-state index is 0.534. The lowest BCUT2D eigenvalue weighted by Gasteiger charge is -2.07. The van der Waals surface area contributed by atoms with E-state index in [1.807, 2.05) is 48.8 Å². The number of pyridine rings is 2. The molecular formula is C18H14N4S. The molecule has 0 atom stereocenters. The smallest absolute Gasteiger partial charge is 0.132 e. The van der Waals surface area contributed by atoms with E-state index < -0.39 is 0 Å². The first-order valence-corrected chi connectivity index (χ1v) is 8.04. The van der Waals surface area contributed by atoms with Crippen LogP contribution in [0.4, 0.5) is 11.5 Å². The number of anilines is 2. The minimum atomic E-state index is 0.534. The van der Waals surface area contributed by atoms with Crippen LogP contribution in [-0.2, 0) is 0 Å². The molecule has 1 aromatic carbocycles. The van der Waals surface area contributed by atoms with E-state index in [0.717, 1.165) is 38.0 Å². The third-order valence-corrected chi connectivity index (χ3v) is 4.81. The van der Waals surface area contributed by atoms with Gasteiger partial charge in [0.25, 0.3) is 0 Å². The number of fused-ring (bicyclic) bond motifs is 1. The Morgan fingerprint density at radius 2 is 1.78 bits per heavy atom. The Hall–Kier alpha value is -2.92. The molecule has 4 N–H and O–H groups in total. The molecule has 4 nitrogen and oxygen atoms in total. The second-order valence-electron chi connectivity index (χ2n) is 5.28. The van der Waals surface area contributed by atoms with Crippen LogP contribution in [-0.4, -0.2) is 9.97 Å². The van der Waals surface area contributed by atoms with E-state index in [-0.39, 0.29) is 0 Å². The van der Waals surface area contributed by atoms with Gasteiger partial charge in [-0.05, 0) is 29.1 Å². The fourth-order valence-corrected chi connectivity index (χ4v) is 3.83. The van der Waals surface area contributed by atoms with Crippen LogP contribution in [0.25, 0.3) is 32.3 Å². The van der Waals surface area contributed by atoms with E-state index in [1.165, 1.54) is 0 Å². The maximum Gasteiger partial charge on any atom is 0.132 e. The SMILES string of the molecule is Nc1cccc(-c2csc3c(-c4cccnc4)cnc(N)c23)c1. The quantitative estimate of drug-likeness (QED) is 0.543. The molecule has 112 valence electrons. The third kappa shape index (κ3) is 2.31. The van der Waals surface area contributed by atoms with Crippen molar-refractivity contribution in [1.82, 2.24) is 9.97 Å². The molecule has 0 aliphatic rings. The molecule has 3 heterocycles. The van der Waals surface area contributed by atoms with Crippen molar-refractivity contribution < 1.29 is 0 Å². The summed E-state index contributed by atoms with van der Waals surface area (Å²) in [5, 5.41) is 3.08. The molecule has 5 heteroatoms. The van der Waals surface area contributed by atoms with Crippen LogP contribution in [0.15, 0.2) is 60.4 Å². The molecule has 0 unspecified atom stereocenters. The van der Waals surface area contributed by atoms with Crippen LogP contribution in [0.1, 0.15) is 0 Å². The minimum Gasteiger partial charge on any atom is -0.399 e. The van der Waals surface area contributed by atoms with Crippen molar-refractivity contribution >= 4 is 32.9 Å². The topological polar surface area (TPSA) is 77.8 Å². The standard InChI is InChI=1S/C18H14N4S/c19-13-5-1-3-11(7-13)15-10-23-17-14(9-22-18(20)16(15)17)12-4-2-6-21-8-12/h1-10H,19H2,(H2,20,22). The largest absolute Gasteiger partial charge is 0.399 e. The lowest BCUT2D eigenvalue weighted by molar-refractivity contribution is 1.32. The number of aromatic nitrogens is 2. The Morgan fingerprint density at radius 3 is 2.57 bits per heavy atom. The van der Waals surface area contributed by atoms with Crippen LogP contribution < -0.4 is 11.5 Å². The zero-order chi connectivity index (χ0) is 15.8. The Kier molecular flexibility index (Phi) is 3.20. The van der Waals surface area contributed by atoms with Gasteiger partial charge in [-0.15, -0.1) is 11.3 Å². The highest BCUT2D eigenvalue weighted by atomic mass is 32.1. The van der Waals surface area contributed by atoms with E-state index in [2.05, 4.69) is 15.3 Å². The fraction of sp³-hybridized carbons (Fsp3) is 0. The van der Waals surface area contributed by atoms with Crippen molar-refractivity contribution in [1.29, 1.82) is 0 Å². The lowest BCUT2D eigenvalue weighted by Crippen LogP contribution is -1.93. The van der Waals surface area contributed by atoms with Gasteiger partial charge in [0.05, 0.1) is 0 Å². The molecule has 0 fully saturated rings. The van der Waals surface area contributed by atoms with Gasteiger partial charge in [0.2, 0.25) is 0 Å². The average Bonchev–Trinajstić information content (AvgIpc) is 3.02. The van der Waals surface area contributed by atoms with Gasteiger partial charge in [0.1, 0.15) is 5.82 Å². The van der Waals surface area contributed by atoms with Crippen LogP contribution in [0.5, 0.6) is 0 Å². The van der Waals surface area contributed by atoms with Crippen molar-refractivity contribution in [2.24, 2.45) is 0 Å². The molecule has 4 aromatic rings. The highest BCUT2D eigenvalue weighted by molar-refractivity contribution is 7.18. The first-order valence-electron chi connectivity index (χ1n) is 7.16. The molecule has 23 heavy (non-hydrogen) atoms. The monoisotopic (exact) mass is 318 g/mol. The van der Waals surface area contributed by atoms with Gasteiger partial charge >= 0.3 is 0 Å². The van der Waals surface area contributed by atoms with E-state index in [9.17, 15) is 0 Å². The Balaban J connectivity index is 2.00. The average molecular weight is 318 g/mol. The normalized spacial score (nSPS) is 11.0. The van der Waals surface area contributed by atoms with E-state index in [1.54, 1.807) is 17.5 Å². The van der Waals surface area contributed by atoms with Crippen molar-refractivity contribution in [3.05, 3.63) is 60.4 Å². The van der Waals surface area contributed by atoms with Gasteiger partial charge in [-0.1, -0.05) is 18.2 Å². The van der Waals surface area contributed by atoms with Crippen LogP contribution in [0, 0.1) is 0 Å². The molecule has 0 amide bonds. The summed E-state index contributed by atoms with van der Waals surface area (Å²) in [6.45, 7) is 0. The Labute approximate surface area is 137 Å². The van der Waals surface area contributed by atoms with Gasteiger partial charge < -0.3 is 11.5 Å². The predicted molar refractivity (Wildman–Crippen MR) is 97.1 cm³/mol. The lowest BCUT2D eigenvalue weighted by atomic mass is 10.0. The zero-order valence-corrected chi connectivity index (χ0v) is 13.0. The first-order chi connectivity index (χ1) is 11.2. The summed E-state index contributed by atoms with van der Waals surface area (Å²) < 4.78 is 1.11. The number of nitrogens with zero attached hydrogens (tertiary/aromatic N) is 2. The van der Waals surface area contributed by atoms with Gasteiger partial charge in [-0.2, -0.15) is 0 Å². The molecule has 0 radical (unpaired) electrons. The molecule has 0 aliphatic carbocycles. The number of nitrogen functional groups attached to an aromatic ring is 2. The van der Waals surface area contributed by atoms with Crippen LogP contribution >= 0.6 is 11.3 Å².